The van der Waals surface area contributed by atoms with Crippen molar-refractivity contribution in [1.82, 2.24) is 5.43 Å². The second-order valence-corrected chi connectivity index (χ2v) is 7.87. The maximum Gasteiger partial charge on any atom is 0.277 e. The first-order chi connectivity index (χ1) is 14.7. The summed E-state index contributed by atoms with van der Waals surface area (Å²) in [5.74, 6) is 0.395. The van der Waals surface area contributed by atoms with Crippen molar-refractivity contribution in [2.45, 2.75) is 33.2 Å². The van der Waals surface area contributed by atoms with Crippen molar-refractivity contribution >= 4 is 23.4 Å². The molecule has 0 unspecified atom stereocenters. The van der Waals surface area contributed by atoms with Gasteiger partial charge in [0, 0.05) is 23.4 Å². The number of nitrogens with zero attached hydrogens (tertiary/aromatic N) is 2. The van der Waals surface area contributed by atoms with Gasteiger partial charge in [-0.15, -0.1) is 0 Å². The minimum atomic E-state index is -0.444. The van der Waals surface area contributed by atoms with Crippen molar-refractivity contribution in [3.63, 3.8) is 0 Å². The molecule has 3 rings (SSSR count). The molecule has 7 heteroatoms. The van der Waals surface area contributed by atoms with Gasteiger partial charge in [-0.3, -0.25) is 4.79 Å². The van der Waals surface area contributed by atoms with Crippen LogP contribution >= 0.6 is 0 Å². The minimum Gasteiger partial charge on any atom is -0.497 e. The van der Waals surface area contributed by atoms with E-state index in [9.17, 15) is 9.18 Å². The van der Waals surface area contributed by atoms with E-state index in [-0.39, 0.29) is 12.1 Å². The number of carbonyl (C=O) groups excluding carboxylic acids is 1. The molecule has 1 amide bonds. The average molecular weight is 426 g/mol. The highest BCUT2D eigenvalue weighted by atomic mass is 19.1. The molecule has 31 heavy (non-hydrogen) atoms. The first-order valence-corrected chi connectivity index (χ1v) is 10.1. The monoisotopic (exact) mass is 425 g/mol. The lowest BCUT2D eigenvalue weighted by Gasteiger charge is -2.42. The summed E-state index contributed by atoms with van der Waals surface area (Å²) >= 11 is 0. The molecule has 0 radical (unpaired) electrons. The van der Waals surface area contributed by atoms with Crippen LogP contribution in [-0.4, -0.2) is 37.9 Å². The maximum absolute atomic E-state index is 14.7. The number of amides is 1. The largest absolute Gasteiger partial charge is 0.497 e. The van der Waals surface area contributed by atoms with E-state index in [1.807, 2.05) is 6.92 Å². The number of anilines is 1. The number of nitrogens with one attached hydrogen (secondary N) is 1. The molecule has 0 spiro atoms. The second kappa shape index (κ2) is 9.20. The predicted molar refractivity (Wildman–Crippen MR) is 121 cm³/mol. The van der Waals surface area contributed by atoms with Crippen LogP contribution in [0.25, 0.3) is 5.57 Å². The van der Waals surface area contributed by atoms with Crippen molar-refractivity contribution in [2.75, 3.05) is 25.2 Å². The quantitative estimate of drug-likeness (QED) is 0.528. The van der Waals surface area contributed by atoms with Crippen molar-refractivity contribution in [2.24, 2.45) is 5.10 Å². The Bertz CT molecular complexity index is 1010. The highest BCUT2D eigenvalue weighted by Gasteiger charge is 2.30. The molecule has 6 nitrogen and oxygen atoms in total. The molecular weight excluding hydrogens is 397 g/mol. The average Bonchev–Trinajstić information content (AvgIpc) is 2.73. The van der Waals surface area contributed by atoms with E-state index >= 15 is 0 Å². The summed E-state index contributed by atoms with van der Waals surface area (Å²) < 4.78 is 25.2. The Morgan fingerprint density at radius 3 is 2.55 bits per heavy atom. The summed E-state index contributed by atoms with van der Waals surface area (Å²) in [6.45, 7) is 8.85. The van der Waals surface area contributed by atoms with Crippen LogP contribution in [-0.2, 0) is 4.79 Å². The number of allylic oxidation sites excluding steroid dienone is 1. The van der Waals surface area contributed by atoms with Gasteiger partial charge in [-0.05, 0) is 69.7 Å². The Hall–Kier alpha value is -3.35. The number of likely N-dealkylation sites (N-methyl/N-ethyl adjacent to an activating group) is 1. The summed E-state index contributed by atoms with van der Waals surface area (Å²) in [6, 6.07) is 10.2. The summed E-state index contributed by atoms with van der Waals surface area (Å²) in [5, 5.41) is 3.89. The Morgan fingerprint density at radius 1 is 1.23 bits per heavy atom. The van der Waals surface area contributed by atoms with Crippen LogP contribution in [0.2, 0.25) is 0 Å². The van der Waals surface area contributed by atoms with Crippen LogP contribution in [0.4, 0.5) is 10.1 Å². The van der Waals surface area contributed by atoms with Gasteiger partial charge in [0.2, 0.25) is 0 Å². The fraction of sp³-hybridized carbons (Fsp3) is 0.333. The smallest absolute Gasteiger partial charge is 0.277 e. The zero-order valence-electron chi connectivity index (χ0n) is 18.5. The fourth-order valence-electron chi connectivity index (χ4n) is 3.82. The van der Waals surface area contributed by atoms with E-state index in [4.69, 9.17) is 9.47 Å². The maximum atomic E-state index is 14.7. The molecule has 0 aliphatic carbocycles. The molecule has 164 valence electrons. The number of hydrazone groups is 1. The second-order valence-electron chi connectivity index (χ2n) is 7.87. The highest BCUT2D eigenvalue weighted by Crippen LogP contribution is 2.39. The van der Waals surface area contributed by atoms with E-state index in [0.29, 0.717) is 17.1 Å². The zero-order valence-corrected chi connectivity index (χ0v) is 18.5. The van der Waals surface area contributed by atoms with Crippen LogP contribution in [0.1, 0.15) is 38.8 Å². The lowest BCUT2D eigenvalue weighted by Crippen LogP contribution is -2.45. The van der Waals surface area contributed by atoms with Gasteiger partial charge in [-0.25, -0.2) is 9.82 Å². The minimum absolute atomic E-state index is 0.189. The van der Waals surface area contributed by atoms with Crippen molar-refractivity contribution in [3.8, 4) is 11.5 Å². The van der Waals surface area contributed by atoms with Gasteiger partial charge >= 0.3 is 0 Å². The molecule has 1 aliphatic rings. The number of hydrogen-bond acceptors (Lipinski definition) is 5. The van der Waals surface area contributed by atoms with Crippen LogP contribution in [0, 0.1) is 5.82 Å². The SMILES string of the molecule is CCN1c2cc(F)c(/C=N/NC(=O)COc3ccc(OC)cc3)cc2C(C)=CC1(C)C. The van der Waals surface area contributed by atoms with Crippen molar-refractivity contribution in [1.29, 1.82) is 0 Å². The highest BCUT2D eigenvalue weighted by molar-refractivity contribution is 5.89. The molecule has 1 aliphatic heterocycles. The molecule has 0 aromatic heterocycles. The van der Waals surface area contributed by atoms with E-state index in [0.717, 1.165) is 23.4 Å². The molecule has 1 heterocycles. The number of methoxy groups -OCH3 is 1. The molecule has 2 aromatic rings. The van der Waals surface area contributed by atoms with Gasteiger partial charge < -0.3 is 14.4 Å². The predicted octanol–water partition coefficient (Wildman–Crippen LogP) is 4.39. The van der Waals surface area contributed by atoms with E-state index in [1.54, 1.807) is 37.4 Å². The molecule has 1 N–H and O–H groups in total. The number of halogens is 1. The van der Waals surface area contributed by atoms with Crippen LogP contribution < -0.4 is 19.8 Å². The van der Waals surface area contributed by atoms with E-state index in [1.165, 1.54) is 12.3 Å². The summed E-state index contributed by atoms with van der Waals surface area (Å²) in [5.41, 5.74) is 5.38. The summed E-state index contributed by atoms with van der Waals surface area (Å²) in [7, 11) is 1.57. The van der Waals surface area contributed by atoms with Gasteiger partial charge in [0.05, 0.1) is 18.9 Å². The Morgan fingerprint density at radius 2 is 1.90 bits per heavy atom. The van der Waals surface area contributed by atoms with Crippen LogP contribution in [0.15, 0.2) is 47.6 Å². The molecule has 0 fully saturated rings. The van der Waals surface area contributed by atoms with Crippen molar-refractivity contribution in [3.05, 3.63) is 59.4 Å². The Labute approximate surface area is 182 Å². The third-order valence-corrected chi connectivity index (χ3v) is 5.23. The lowest BCUT2D eigenvalue weighted by atomic mass is 9.88. The molecule has 2 aromatic carbocycles. The lowest BCUT2D eigenvalue weighted by molar-refractivity contribution is -0.123. The van der Waals surface area contributed by atoms with Gasteiger partial charge in [-0.1, -0.05) is 6.08 Å². The summed E-state index contributed by atoms with van der Waals surface area (Å²) in [4.78, 5) is 14.1. The third-order valence-electron chi connectivity index (χ3n) is 5.23. The molecule has 0 atom stereocenters. The number of benzene rings is 2. The first-order valence-electron chi connectivity index (χ1n) is 10.1. The Balaban J connectivity index is 1.66. The van der Waals surface area contributed by atoms with Crippen molar-refractivity contribution < 1.29 is 18.7 Å². The fourth-order valence-corrected chi connectivity index (χ4v) is 3.82. The normalized spacial score (nSPS) is 14.8. The number of rotatable bonds is 7. The number of fused-ring (bicyclic) bond motifs is 1. The van der Waals surface area contributed by atoms with Gasteiger partial charge in [0.25, 0.3) is 5.91 Å². The number of carbonyl (C=O) groups is 1. The molecule has 0 bridgehead atoms. The first kappa shape index (κ1) is 22.3. The topological polar surface area (TPSA) is 63.2 Å². The third kappa shape index (κ3) is 5.05. The molecule has 0 saturated heterocycles. The Kier molecular flexibility index (Phi) is 6.63. The van der Waals surface area contributed by atoms with E-state index < -0.39 is 11.7 Å². The van der Waals surface area contributed by atoms with Gasteiger partial charge in [-0.2, -0.15) is 5.10 Å². The van der Waals surface area contributed by atoms with Gasteiger partial charge in [0.1, 0.15) is 17.3 Å². The summed E-state index contributed by atoms with van der Waals surface area (Å²) in [6.07, 6.45) is 3.49. The van der Waals surface area contributed by atoms with E-state index in [2.05, 4.69) is 42.3 Å². The van der Waals surface area contributed by atoms with Crippen LogP contribution in [0.3, 0.4) is 0 Å². The molecule has 0 saturated carbocycles. The molecular formula is C24H28FN3O3. The zero-order chi connectivity index (χ0) is 22.6. The van der Waals surface area contributed by atoms with Gasteiger partial charge in [0.15, 0.2) is 6.61 Å². The number of ether oxygens (including phenoxy) is 2. The number of hydrogen-bond donors (Lipinski definition) is 1. The standard InChI is InChI=1S/C24H28FN3O3/c1-6-28-22-12-21(25)17(11-20(22)16(2)13-24(28,3)4)14-26-27-23(29)15-31-19-9-7-18(30-5)8-10-19/h7-14H,6,15H2,1-5H3,(H,27,29)/b26-14+. The van der Waals surface area contributed by atoms with Crippen LogP contribution in [0.5, 0.6) is 11.5 Å².